The lowest BCUT2D eigenvalue weighted by Gasteiger charge is -2.69. The van der Waals surface area contributed by atoms with E-state index in [1.807, 2.05) is 11.6 Å². The molecule has 0 heterocycles. The first kappa shape index (κ1) is 22.0. The lowest BCUT2D eigenvalue weighted by atomic mass is 9.35. The van der Waals surface area contributed by atoms with Crippen LogP contribution in [0.15, 0.2) is 23.8 Å². The normalized spacial score (nSPS) is 52.3. The third-order valence-electron chi connectivity index (χ3n) is 12.0. The van der Waals surface area contributed by atoms with Crippen molar-refractivity contribution < 1.29 is 4.79 Å². The standard InChI is InChI=1S/C30H46O/c1-25(2)17-18-27(5)13-9-21-29(7)14-10-20-26(3,4)24(31)12-16-28(20,6)22(29)11-15-30(21,8)23(27)19-25/h9,12,16,20,22-23H,10-11,13-15,17-19H2,1-8H3/t20-,22-,23+,27-,28-,29-,30+/m0/s1. The van der Waals surface area contributed by atoms with Crippen LogP contribution in [0.2, 0.25) is 0 Å². The molecule has 0 amide bonds. The van der Waals surface area contributed by atoms with Crippen LogP contribution in [0.25, 0.3) is 0 Å². The summed E-state index contributed by atoms with van der Waals surface area (Å²) < 4.78 is 0. The highest BCUT2D eigenvalue weighted by molar-refractivity contribution is 5.95. The molecule has 0 unspecified atom stereocenters. The van der Waals surface area contributed by atoms with Crippen LogP contribution < -0.4 is 0 Å². The average molecular weight is 423 g/mol. The van der Waals surface area contributed by atoms with Crippen molar-refractivity contribution in [3.63, 3.8) is 0 Å². The zero-order chi connectivity index (χ0) is 22.7. The highest BCUT2D eigenvalue weighted by Gasteiger charge is 2.66. The third kappa shape index (κ3) is 2.70. The molecule has 0 radical (unpaired) electrons. The summed E-state index contributed by atoms with van der Waals surface area (Å²) in [5.74, 6) is 2.29. The fourth-order valence-electron chi connectivity index (χ4n) is 10.2. The Hall–Kier alpha value is -0.850. The van der Waals surface area contributed by atoms with E-state index in [2.05, 4.69) is 67.5 Å². The van der Waals surface area contributed by atoms with Crippen LogP contribution in [0.5, 0.6) is 0 Å². The second-order valence-electron chi connectivity index (χ2n) is 14.7. The monoisotopic (exact) mass is 422 g/mol. The van der Waals surface area contributed by atoms with Gasteiger partial charge in [0.2, 0.25) is 0 Å². The van der Waals surface area contributed by atoms with Crippen molar-refractivity contribution in [1.29, 1.82) is 0 Å². The molecule has 5 aliphatic rings. The van der Waals surface area contributed by atoms with Crippen LogP contribution in [0.4, 0.5) is 0 Å². The first-order valence-electron chi connectivity index (χ1n) is 13.1. The zero-order valence-corrected chi connectivity index (χ0v) is 21.5. The van der Waals surface area contributed by atoms with Gasteiger partial charge in [0.1, 0.15) is 0 Å². The van der Waals surface area contributed by atoms with Crippen LogP contribution in [-0.2, 0) is 4.79 Å². The van der Waals surface area contributed by atoms with Gasteiger partial charge in [-0.15, -0.1) is 0 Å². The Bertz CT molecular complexity index is 873. The number of carbonyl (C=O) groups excluding carboxylic acids is 1. The predicted octanol–water partition coefficient (Wildman–Crippen LogP) is 8.15. The van der Waals surface area contributed by atoms with Crippen molar-refractivity contribution in [3.8, 4) is 0 Å². The Labute approximate surface area is 191 Å². The molecular formula is C30H46O. The molecule has 0 saturated heterocycles. The number of carbonyl (C=O) groups is 1. The minimum Gasteiger partial charge on any atom is -0.294 e. The van der Waals surface area contributed by atoms with E-state index in [-0.39, 0.29) is 16.2 Å². The van der Waals surface area contributed by atoms with E-state index in [1.54, 1.807) is 0 Å². The minimum atomic E-state index is -0.224. The summed E-state index contributed by atoms with van der Waals surface area (Å²) in [6.45, 7) is 19.8. The minimum absolute atomic E-state index is 0.138. The molecule has 0 aromatic rings. The maximum Gasteiger partial charge on any atom is 0.161 e. The second-order valence-corrected chi connectivity index (χ2v) is 14.7. The molecule has 172 valence electrons. The summed E-state index contributed by atoms with van der Waals surface area (Å²) >= 11 is 0. The predicted molar refractivity (Wildman–Crippen MR) is 130 cm³/mol. The lowest BCUT2D eigenvalue weighted by molar-refractivity contribution is -0.145. The molecule has 0 bridgehead atoms. The zero-order valence-electron chi connectivity index (χ0n) is 21.5. The Balaban J connectivity index is 1.59. The summed E-state index contributed by atoms with van der Waals surface area (Å²) in [7, 11) is 0. The van der Waals surface area contributed by atoms with Gasteiger partial charge in [-0.1, -0.05) is 73.1 Å². The highest BCUT2D eigenvalue weighted by Crippen LogP contribution is 2.74. The molecule has 3 saturated carbocycles. The largest absolute Gasteiger partial charge is 0.294 e. The SMILES string of the molecule is CC1(C)CC[C@]2(C)CC=C3[C@]4(C)CC[C@H]5C(C)(C)C(=O)C=C[C@]5(C)[C@@H]4CC[C@@]3(C)[C@@H]2C1. The topological polar surface area (TPSA) is 17.1 Å². The number of ketones is 1. The second kappa shape index (κ2) is 6.18. The molecule has 5 rings (SSSR count). The van der Waals surface area contributed by atoms with E-state index in [0.29, 0.717) is 33.9 Å². The summed E-state index contributed by atoms with van der Waals surface area (Å²) in [4.78, 5) is 12.8. The van der Waals surface area contributed by atoms with Crippen LogP contribution in [0.1, 0.15) is 107 Å². The molecule has 0 aromatic heterocycles. The molecule has 0 aliphatic heterocycles. The quantitative estimate of drug-likeness (QED) is 0.360. The average Bonchev–Trinajstić information content (AvgIpc) is 2.66. The molecule has 3 fully saturated rings. The van der Waals surface area contributed by atoms with Gasteiger partial charge in [0.25, 0.3) is 0 Å². The van der Waals surface area contributed by atoms with Crippen LogP contribution >= 0.6 is 0 Å². The first-order valence-corrected chi connectivity index (χ1v) is 13.1. The van der Waals surface area contributed by atoms with Crippen LogP contribution in [0, 0.1) is 50.2 Å². The Morgan fingerprint density at radius 3 is 2.06 bits per heavy atom. The van der Waals surface area contributed by atoms with Crippen molar-refractivity contribution in [2.75, 3.05) is 0 Å². The Morgan fingerprint density at radius 1 is 0.774 bits per heavy atom. The highest BCUT2D eigenvalue weighted by atomic mass is 16.1. The molecule has 0 N–H and O–H groups in total. The Kier molecular flexibility index (Phi) is 4.38. The maximum absolute atomic E-state index is 12.8. The third-order valence-corrected chi connectivity index (χ3v) is 12.0. The van der Waals surface area contributed by atoms with Crippen LogP contribution in [-0.4, -0.2) is 5.78 Å². The van der Waals surface area contributed by atoms with E-state index < -0.39 is 0 Å². The van der Waals surface area contributed by atoms with Gasteiger partial charge in [-0.3, -0.25) is 4.79 Å². The van der Waals surface area contributed by atoms with E-state index in [0.717, 1.165) is 5.92 Å². The molecular weight excluding hydrogens is 376 g/mol. The number of rotatable bonds is 0. The Morgan fingerprint density at radius 2 is 1.39 bits per heavy atom. The van der Waals surface area contributed by atoms with Crippen LogP contribution in [0.3, 0.4) is 0 Å². The summed E-state index contributed by atoms with van der Waals surface area (Å²) in [6.07, 6.45) is 17.6. The van der Waals surface area contributed by atoms with Crippen molar-refractivity contribution in [2.45, 2.75) is 107 Å². The molecule has 7 atom stereocenters. The summed E-state index contributed by atoms with van der Waals surface area (Å²) in [5.41, 5.74) is 3.33. The molecule has 1 heteroatoms. The lowest BCUT2D eigenvalue weighted by Crippen LogP contribution is -2.61. The van der Waals surface area contributed by atoms with Gasteiger partial charge >= 0.3 is 0 Å². The van der Waals surface area contributed by atoms with Gasteiger partial charge in [-0.05, 0) is 102 Å². The van der Waals surface area contributed by atoms with E-state index in [4.69, 9.17) is 0 Å². The maximum atomic E-state index is 12.8. The molecule has 31 heavy (non-hydrogen) atoms. The molecule has 5 aliphatic carbocycles. The van der Waals surface area contributed by atoms with Crippen molar-refractivity contribution >= 4 is 5.78 Å². The summed E-state index contributed by atoms with van der Waals surface area (Å²) in [6, 6.07) is 0. The molecule has 0 spiro atoms. The van der Waals surface area contributed by atoms with Gasteiger partial charge in [-0.25, -0.2) is 0 Å². The fourth-order valence-corrected chi connectivity index (χ4v) is 10.2. The number of hydrogen-bond acceptors (Lipinski definition) is 1. The fraction of sp³-hybridized carbons (Fsp3) is 0.833. The smallest absolute Gasteiger partial charge is 0.161 e. The van der Waals surface area contributed by atoms with E-state index in [1.165, 1.54) is 51.4 Å². The number of fused-ring (bicyclic) bond motifs is 7. The van der Waals surface area contributed by atoms with Crippen molar-refractivity contribution in [1.82, 2.24) is 0 Å². The van der Waals surface area contributed by atoms with Gasteiger partial charge in [0.15, 0.2) is 5.78 Å². The molecule has 1 nitrogen and oxygen atoms in total. The van der Waals surface area contributed by atoms with Gasteiger partial charge in [-0.2, -0.15) is 0 Å². The number of allylic oxidation sites excluding steroid dienone is 4. The molecule has 0 aromatic carbocycles. The van der Waals surface area contributed by atoms with Crippen molar-refractivity contribution in [3.05, 3.63) is 23.8 Å². The van der Waals surface area contributed by atoms with E-state index >= 15 is 0 Å². The van der Waals surface area contributed by atoms with Crippen molar-refractivity contribution in [2.24, 2.45) is 50.2 Å². The summed E-state index contributed by atoms with van der Waals surface area (Å²) in [5, 5.41) is 0. The van der Waals surface area contributed by atoms with Gasteiger partial charge in [0.05, 0.1) is 0 Å². The van der Waals surface area contributed by atoms with Gasteiger partial charge in [0, 0.05) is 5.41 Å². The first-order chi connectivity index (χ1) is 14.2. The van der Waals surface area contributed by atoms with Gasteiger partial charge < -0.3 is 0 Å². The van der Waals surface area contributed by atoms with E-state index in [9.17, 15) is 4.79 Å². The number of hydrogen-bond donors (Lipinski definition) is 0.